The Kier molecular flexibility index (Phi) is 7.09. The molecule has 3 aliphatic rings. The van der Waals surface area contributed by atoms with Gasteiger partial charge >= 0.3 is 0 Å². The summed E-state index contributed by atoms with van der Waals surface area (Å²) in [5.74, 6) is 0.328. The van der Waals surface area contributed by atoms with Crippen molar-refractivity contribution >= 4 is 17.5 Å². The highest BCUT2D eigenvalue weighted by Gasteiger charge is 2.43. The van der Waals surface area contributed by atoms with Gasteiger partial charge in [-0.2, -0.15) is 0 Å². The van der Waals surface area contributed by atoms with E-state index >= 15 is 0 Å². The van der Waals surface area contributed by atoms with Crippen LogP contribution in [0.4, 0.5) is 5.69 Å². The predicted molar refractivity (Wildman–Crippen MR) is 114 cm³/mol. The second-order valence-electron chi connectivity index (χ2n) is 8.55. The van der Waals surface area contributed by atoms with Crippen LogP contribution in [0.3, 0.4) is 0 Å². The van der Waals surface area contributed by atoms with E-state index in [0.717, 1.165) is 50.3 Å². The first-order valence-electron chi connectivity index (χ1n) is 11.1. The molecular formula is C23H32N2O6. The third kappa shape index (κ3) is 5.02. The molecule has 1 unspecified atom stereocenters. The molecule has 0 saturated carbocycles. The van der Waals surface area contributed by atoms with Crippen LogP contribution in [-0.4, -0.2) is 64.7 Å². The summed E-state index contributed by atoms with van der Waals surface area (Å²) in [6.07, 6.45) is 3.67. The molecule has 3 fully saturated rings. The van der Waals surface area contributed by atoms with Crippen LogP contribution in [0.15, 0.2) is 24.3 Å². The SMILES string of the molecule is COc1ccc(N2CC(C(=O)NCCCC3(C4OCCO4)CCOCC3)CC2=O)cc1. The third-order valence-electron chi connectivity index (χ3n) is 6.64. The molecule has 170 valence electrons. The molecule has 3 aliphatic heterocycles. The predicted octanol–water partition coefficient (Wildman–Crippen LogP) is 2.11. The number of benzene rings is 1. The van der Waals surface area contributed by atoms with Crippen molar-refractivity contribution in [3.8, 4) is 5.75 Å². The molecule has 4 rings (SSSR count). The first-order valence-corrected chi connectivity index (χ1v) is 11.1. The van der Waals surface area contributed by atoms with Crippen molar-refractivity contribution in [1.29, 1.82) is 0 Å². The van der Waals surface area contributed by atoms with E-state index in [1.165, 1.54) is 0 Å². The van der Waals surface area contributed by atoms with E-state index in [9.17, 15) is 9.59 Å². The van der Waals surface area contributed by atoms with Crippen LogP contribution in [0.2, 0.25) is 0 Å². The number of carbonyl (C=O) groups excluding carboxylic acids is 2. The Morgan fingerprint density at radius 1 is 1.16 bits per heavy atom. The monoisotopic (exact) mass is 432 g/mol. The van der Waals surface area contributed by atoms with Crippen LogP contribution in [0.25, 0.3) is 0 Å². The smallest absolute Gasteiger partial charge is 0.227 e. The molecule has 1 atom stereocenters. The van der Waals surface area contributed by atoms with Crippen LogP contribution < -0.4 is 15.0 Å². The molecule has 0 spiro atoms. The number of amides is 2. The average Bonchev–Trinajstić information content (AvgIpc) is 3.48. The van der Waals surface area contributed by atoms with Crippen molar-refractivity contribution in [2.24, 2.45) is 11.3 Å². The number of methoxy groups -OCH3 is 1. The maximum Gasteiger partial charge on any atom is 0.227 e. The maximum atomic E-state index is 12.7. The number of rotatable bonds is 8. The standard InChI is InChI=1S/C23H32N2O6/c1-28-19-5-3-18(4-6-19)25-16-17(15-20(25)26)21(27)24-10-2-7-23(8-11-29-12-9-23)22-30-13-14-31-22/h3-6,17,22H,2,7-16H2,1H3,(H,24,27). The van der Waals surface area contributed by atoms with Crippen LogP contribution in [0, 0.1) is 11.3 Å². The summed E-state index contributed by atoms with van der Waals surface area (Å²) in [7, 11) is 1.61. The fourth-order valence-corrected chi connectivity index (χ4v) is 4.78. The van der Waals surface area contributed by atoms with E-state index in [-0.39, 0.29) is 35.9 Å². The minimum absolute atomic E-state index is 0.0259. The molecule has 0 radical (unpaired) electrons. The Morgan fingerprint density at radius 2 is 1.87 bits per heavy atom. The molecule has 1 aromatic rings. The van der Waals surface area contributed by atoms with Crippen molar-refractivity contribution in [3.63, 3.8) is 0 Å². The van der Waals surface area contributed by atoms with E-state index in [1.807, 2.05) is 24.3 Å². The molecule has 3 saturated heterocycles. The lowest BCUT2D eigenvalue weighted by atomic mass is 9.75. The van der Waals surface area contributed by atoms with Gasteiger partial charge in [0.05, 0.1) is 26.2 Å². The first kappa shape index (κ1) is 22.0. The molecule has 1 aromatic carbocycles. The van der Waals surface area contributed by atoms with Gasteiger partial charge in [0.25, 0.3) is 0 Å². The minimum atomic E-state index is -0.326. The zero-order valence-electron chi connectivity index (χ0n) is 18.1. The quantitative estimate of drug-likeness (QED) is 0.634. The minimum Gasteiger partial charge on any atom is -0.497 e. The summed E-state index contributed by atoms with van der Waals surface area (Å²) in [5.41, 5.74) is 0.757. The van der Waals surface area contributed by atoms with E-state index in [0.29, 0.717) is 26.3 Å². The van der Waals surface area contributed by atoms with Crippen LogP contribution >= 0.6 is 0 Å². The number of hydrogen-bond donors (Lipinski definition) is 1. The van der Waals surface area contributed by atoms with E-state index in [2.05, 4.69) is 5.32 Å². The lowest BCUT2D eigenvalue weighted by molar-refractivity contribution is -0.168. The fourth-order valence-electron chi connectivity index (χ4n) is 4.78. The number of nitrogens with one attached hydrogen (secondary N) is 1. The Morgan fingerprint density at radius 3 is 2.55 bits per heavy atom. The van der Waals surface area contributed by atoms with Gasteiger partial charge in [-0.05, 0) is 49.9 Å². The molecule has 0 aliphatic carbocycles. The molecule has 0 bridgehead atoms. The van der Waals surface area contributed by atoms with Gasteiger partial charge in [0, 0.05) is 43.8 Å². The van der Waals surface area contributed by atoms with Crippen LogP contribution in [0.5, 0.6) is 5.75 Å². The van der Waals surface area contributed by atoms with E-state index in [4.69, 9.17) is 18.9 Å². The second-order valence-corrected chi connectivity index (χ2v) is 8.55. The van der Waals surface area contributed by atoms with Crippen LogP contribution in [0.1, 0.15) is 32.1 Å². The highest BCUT2D eigenvalue weighted by Crippen LogP contribution is 2.42. The van der Waals surface area contributed by atoms with Gasteiger partial charge in [-0.25, -0.2) is 0 Å². The molecular weight excluding hydrogens is 400 g/mol. The maximum absolute atomic E-state index is 12.7. The molecule has 8 nitrogen and oxygen atoms in total. The number of anilines is 1. The van der Waals surface area contributed by atoms with Gasteiger partial charge in [0.2, 0.25) is 11.8 Å². The molecule has 0 aromatic heterocycles. The second kappa shape index (κ2) is 9.97. The van der Waals surface area contributed by atoms with Gasteiger partial charge in [-0.3, -0.25) is 9.59 Å². The van der Waals surface area contributed by atoms with Gasteiger partial charge in [-0.15, -0.1) is 0 Å². The molecule has 3 heterocycles. The van der Waals surface area contributed by atoms with Crippen molar-refractivity contribution < 1.29 is 28.5 Å². The van der Waals surface area contributed by atoms with Crippen molar-refractivity contribution in [3.05, 3.63) is 24.3 Å². The van der Waals surface area contributed by atoms with E-state index in [1.54, 1.807) is 12.0 Å². The first-order chi connectivity index (χ1) is 15.1. The molecule has 1 N–H and O–H groups in total. The van der Waals surface area contributed by atoms with Crippen molar-refractivity contribution in [2.75, 3.05) is 51.5 Å². The summed E-state index contributed by atoms with van der Waals surface area (Å²) < 4.78 is 22.3. The van der Waals surface area contributed by atoms with Gasteiger partial charge in [0.1, 0.15) is 5.75 Å². The fraction of sp³-hybridized carbons (Fsp3) is 0.652. The Balaban J connectivity index is 1.25. The molecule has 2 amide bonds. The summed E-state index contributed by atoms with van der Waals surface area (Å²) in [4.78, 5) is 26.8. The molecule has 8 heteroatoms. The van der Waals surface area contributed by atoms with Crippen LogP contribution in [-0.2, 0) is 23.8 Å². The highest BCUT2D eigenvalue weighted by molar-refractivity contribution is 6.00. The number of nitrogens with zero attached hydrogens (tertiary/aromatic N) is 1. The topological polar surface area (TPSA) is 86.3 Å². The number of hydrogen-bond acceptors (Lipinski definition) is 6. The zero-order valence-corrected chi connectivity index (χ0v) is 18.1. The summed E-state index contributed by atoms with van der Waals surface area (Å²) in [6, 6.07) is 7.33. The van der Waals surface area contributed by atoms with E-state index < -0.39 is 0 Å². The third-order valence-corrected chi connectivity index (χ3v) is 6.64. The number of carbonyl (C=O) groups is 2. The molecule has 31 heavy (non-hydrogen) atoms. The average molecular weight is 433 g/mol. The Labute approximate surface area is 183 Å². The normalized spacial score (nSPS) is 23.8. The Bertz CT molecular complexity index is 756. The highest BCUT2D eigenvalue weighted by atomic mass is 16.7. The number of ether oxygens (including phenoxy) is 4. The lowest BCUT2D eigenvalue weighted by Crippen LogP contribution is -2.42. The van der Waals surface area contributed by atoms with Gasteiger partial charge in [-0.1, -0.05) is 0 Å². The lowest BCUT2D eigenvalue weighted by Gasteiger charge is -2.40. The van der Waals surface area contributed by atoms with Gasteiger partial charge < -0.3 is 29.2 Å². The zero-order chi connectivity index (χ0) is 21.7. The van der Waals surface area contributed by atoms with Crippen molar-refractivity contribution in [2.45, 2.75) is 38.4 Å². The Hall–Kier alpha value is -2.16. The van der Waals surface area contributed by atoms with Crippen molar-refractivity contribution in [1.82, 2.24) is 5.32 Å². The summed E-state index contributed by atoms with van der Waals surface area (Å²) in [5, 5.41) is 3.03. The summed E-state index contributed by atoms with van der Waals surface area (Å²) >= 11 is 0. The largest absolute Gasteiger partial charge is 0.497 e. The summed E-state index contributed by atoms with van der Waals surface area (Å²) in [6.45, 7) is 3.72. The van der Waals surface area contributed by atoms with Gasteiger partial charge in [0.15, 0.2) is 6.29 Å².